The second-order valence-electron chi connectivity index (χ2n) is 7.63. The lowest BCUT2D eigenvalue weighted by atomic mass is 9.55. The Morgan fingerprint density at radius 2 is 1.96 bits per heavy atom. The number of halogens is 1. The van der Waals surface area contributed by atoms with Crippen LogP contribution in [0.1, 0.15) is 46.5 Å². The fourth-order valence-corrected chi connectivity index (χ4v) is 4.39. The molecular formula is C21H27ClOS. The predicted octanol–water partition coefficient (Wildman–Crippen LogP) is 7.01. The molecule has 1 aliphatic rings. The normalized spacial score (nSPS) is 26.2. The average molecular weight is 363 g/mol. The van der Waals surface area contributed by atoms with Gasteiger partial charge in [-0.2, -0.15) is 0 Å². The van der Waals surface area contributed by atoms with Crippen LogP contribution >= 0.6 is 23.8 Å². The summed E-state index contributed by atoms with van der Waals surface area (Å²) in [5.74, 6) is 1.19. The van der Waals surface area contributed by atoms with Crippen molar-refractivity contribution in [2.24, 2.45) is 16.7 Å². The van der Waals surface area contributed by atoms with Gasteiger partial charge in [-0.3, -0.25) is 0 Å². The minimum absolute atomic E-state index is 0.114. The van der Waals surface area contributed by atoms with Crippen LogP contribution in [0, 0.1) is 16.7 Å². The summed E-state index contributed by atoms with van der Waals surface area (Å²) in [5.41, 5.74) is 0.343. The molecule has 130 valence electrons. The van der Waals surface area contributed by atoms with Crippen molar-refractivity contribution in [2.45, 2.75) is 46.5 Å². The number of hydrogen-bond donors (Lipinski definition) is 0. The number of hydrogen-bond acceptors (Lipinski definition) is 2. The van der Waals surface area contributed by atoms with Crippen LogP contribution in [0.5, 0.6) is 5.75 Å². The van der Waals surface area contributed by atoms with Crippen LogP contribution < -0.4 is 4.74 Å². The highest BCUT2D eigenvalue weighted by Crippen LogP contribution is 2.53. The van der Waals surface area contributed by atoms with Gasteiger partial charge in [-0.05, 0) is 66.1 Å². The van der Waals surface area contributed by atoms with Gasteiger partial charge in [-0.1, -0.05) is 63.6 Å². The lowest BCUT2D eigenvalue weighted by Crippen LogP contribution is -2.42. The highest BCUT2D eigenvalue weighted by Gasteiger charge is 2.45. The quantitative estimate of drug-likeness (QED) is 0.411. The van der Waals surface area contributed by atoms with Crippen LogP contribution in [0.3, 0.4) is 0 Å². The first-order valence-corrected chi connectivity index (χ1v) is 9.32. The Kier molecular flexibility index (Phi) is 6.28. The third-order valence-corrected chi connectivity index (χ3v) is 5.81. The molecule has 0 aromatic heterocycles. The molecule has 1 saturated carbocycles. The van der Waals surface area contributed by atoms with Gasteiger partial charge < -0.3 is 4.74 Å². The molecule has 0 radical (unpaired) electrons. The van der Waals surface area contributed by atoms with Crippen molar-refractivity contribution in [3.8, 4) is 5.75 Å². The summed E-state index contributed by atoms with van der Waals surface area (Å²) >= 11 is 11.5. The van der Waals surface area contributed by atoms with Crippen LogP contribution in [0.25, 0.3) is 0 Å². The second-order valence-corrected chi connectivity index (χ2v) is 8.52. The summed E-state index contributed by atoms with van der Waals surface area (Å²) in [5, 5.41) is 1.35. The first-order valence-electron chi connectivity index (χ1n) is 8.53. The molecule has 0 spiro atoms. The van der Waals surface area contributed by atoms with Crippen molar-refractivity contribution in [3.63, 3.8) is 0 Å². The molecule has 3 heteroatoms. The van der Waals surface area contributed by atoms with Crippen LogP contribution in [0.2, 0.25) is 5.02 Å². The van der Waals surface area contributed by atoms with Crippen molar-refractivity contribution in [1.82, 2.24) is 0 Å². The van der Waals surface area contributed by atoms with E-state index in [0.29, 0.717) is 16.0 Å². The highest BCUT2D eigenvalue weighted by atomic mass is 35.5. The van der Waals surface area contributed by atoms with E-state index in [1.807, 2.05) is 30.3 Å². The van der Waals surface area contributed by atoms with Crippen LogP contribution in [0.15, 0.2) is 49.1 Å². The van der Waals surface area contributed by atoms with Crippen molar-refractivity contribution in [2.75, 3.05) is 0 Å². The minimum atomic E-state index is 0.114. The molecule has 0 aliphatic heterocycles. The molecule has 0 N–H and O–H groups in total. The largest absolute Gasteiger partial charge is 0.450 e. The van der Waals surface area contributed by atoms with E-state index in [4.69, 9.17) is 28.6 Å². The molecular weight excluding hydrogens is 336 g/mol. The Hall–Kier alpha value is -1.12. The van der Waals surface area contributed by atoms with Gasteiger partial charge in [0.05, 0.1) is 0 Å². The summed E-state index contributed by atoms with van der Waals surface area (Å²) in [4.78, 5) is 0. The summed E-state index contributed by atoms with van der Waals surface area (Å²) in [6.45, 7) is 10.8. The van der Waals surface area contributed by atoms with Crippen LogP contribution in [-0.2, 0) is 0 Å². The van der Waals surface area contributed by atoms with Crippen LogP contribution in [0.4, 0.5) is 0 Å². The smallest absolute Gasteiger partial charge is 0.167 e. The molecule has 2 rings (SSSR count). The standard InChI is InChI=1S/C21H27ClOS/c1-5-6-13-21(4)14-7-12-20(2,3)18(21)15-19(24)23-17-10-8-16(22)9-11-17/h5-6,8-11,13,18H,1,7,12,14-15H2,2-4H3/b13-6+/t18-,21-/m1/s1. The molecule has 1 fully saturated rings. The zero-order valence-corrected chi connectivity index (χ0v) is 16.4. The van der Waals surface area contributed by atoms with Crippen LogP contribution in [-0.4, -0.2) is 5.05 Å². The molecule has 0 bridgehead atoms. The molecule has 0 amide bonds. The molecule has 24 heavy (non-hydrogen) atoms. The minimum Gasteiger partial charge on any atom is -0.450 e. The number of allylic oxidation sites excluding steroid dienone is 3. The van der Waals surface area contributed by atoms with E-state index in [1.165, 1.54) is 19.3 Å². The summed E-state index contributed by atoms with van der Waals surface area (Å²) in [6.07, 6.45) is 10.6. The van der Waals surface area contributed by atoms with Gasteiger partial charge in [0, 0.05) is 11.4 Å². The van der Waals surface area contributed by atoms with E-state index >= 15 is 0 Å². The lowest BCUT2D eigenvalue weighted by Gasteiger charge is -2.49. The Bertz CT molecular complexity index is 617. The number of rotatable bonds is 5. The maximum Gasteiger partial charge on any atom is 0.167 e. The third kappa shape index (κ3) is 4.70. The van der Waals surface area contributed by atoms with Gasteiger partial charge in [0.1, 0.15) is 5.75 Å². The molecule has 1 aromatic rings. The van der Waals surface area contributed by atoms with E-state index < -0.39 is 0 Å². The first kappa shape index (κ1) is 19.2. The van der Waals surface area contributed by atoms with E-state index in [9.17, 15) is 0 Å². The molecule has 0 heterocycles. The highest BCUT2D eigenvalue weighted by molar-refractivity contribution is 7.80. The van der Waals surface area contributed by atoms with Crippen molar-refractivity contribution in [3.05, 3.63) is 54.1 Å². The Morgan fingerprint density at radius 3 is 2.58 bits per heavy atom. The van der Waals surface area contributed by atoms with E-state index in [1.54, 1.807) is 0 Å². The van der Waals surface area contributed by atoms with Crippen molar-refractivity contribution < 1.29 is 4.74 Å². The van der Waals surface area contributed by atoms with E-state index in [-0.39, 0.29) is 10.8 Å². The zero-order valence-electron chi connectivity index (χ0n) is 14.8. The Balaban J connectivity index is 2.15. The second kappa shape index (κ2) is 7.84. The molecule has 1 aromatic carbocycles. The predicted molar refractivity (Wildman–Crippen MR) is 108 cm³/mol. The molecule has 0 unspecified atom stereocenters. The first-order chi connectivity index (χ1) is 11.3. The van der Waals surface area contributed by atoms with Crippen molar-refractivity contribution in [1.29, 1.82) is 0 Å². The molecule has 1 aliphatic carbocycles. The maximum absolute atomic E-state index is 5.92. The Labute approximate surface area is 156 Å². The molecule has 0 saturated heterocycles. The monoisotopic (exact) mass is 362 g/mol. The fourth-order valence-electron chi connectivity index (χ4n) is 4.01. The molecule has 1 nitrogen and oxygen atoms in total. The number of ether oxygens (including phenoxy) is 1. The van der Waals surface area contributed by atoms with Gasteiger partial charge >= 0.3 is 0 Å². The fraction of sp³-hybridized carbons (Fsp3) is 0.476. The maximum atomic E-state index is 5.92. The third-order valence-electron chi connectivity index (χ3n) is 5.31. The van der Waals surface area contributed by atoms with Gasteiger partial charge in [0.25, 0.3) is 0 Å². The molecule has 2 atom stereocenters. The van der Waals surface area contributed by atoms with Gasteiger partial charge in [-0.15, -0.1) is 0 Å². The van der Waals surface area contributed by atoms with Gasteiger partial charge in [0.15, 0.2) is 5.05 Å². The van der Waals surface area contributed by atoms with Gasteiger partial charge in [0.2, 0.25) is 0 Å². The number of benzene rings is 1. The van der Waals surface area contributed by atoms with E-state index in [0.717, 1.165) is 12.2 Å². The number of thiocarbonyl (C=S) groups is 1. The van der Waals surface area contributed by atoms with E-state index in [2.05, 4.69) is 39.5 Å². The zero-order chi connectivity index (χ0) is 17.8. The summed E-state index contributed by atoms with van der Waals surface area (Å²) in [7, 11) is 0. The van der Waals surface area contributed by atoms with Crippen molar-refractivity contribution >= 4 is 28.9 Å². The average Bonchev–Trinajstić information content (AvgIpc) is 2.51. The topological polar surface area (TPSA) is 9.23 Å². The Morgan fingerprint density at radius 1 is 1.29 bits per heavy atom. The lowest BCUT2D eigenvalue weighted by molar-refractivity contribution is 0.0386. The SMILES string of the molecule is C=C/C=C/[C@]1(C)CCCC(C)(C)[C@H]1CC(=S)Oc1ccc(Cl)cc1. The summed E-state index contributed by atoms with van der Waals surface area (Å²) in [6, 6.07) is 7.36. The summed E-state index contributed by atoms with van der Waals surface area (Å²) < 4.78 is 5.89. The van der Waals surface area contributed by atoms with Gasteiger partial charge in [-0.25, -0.2) is 0 Å².